The number of hydrogen-bond acceptors (Lipinski definition) is 14. The molecule has 22 nitrogen and oxygen atoms in total. The van der Waals surface area contributed by atoms with Crippen LogP contribution >= 0.6 is 11.6 Å². The Kier molecular flexibility index (Phi) is 21.5. The number of amides is 7. The van der Waals surface area contributed by atoms with Crippen molar-refractivity contribution in [3.05, 3.63) is 125 Å². The first-order valence-electron chi connectivity index (χ1n) is 27.3. The number of nitrogens with one attached hydrogen (secondary N) is 3. The number of phenolic OH excluding ortho intramolecular Hbond substituents is 1. The highest BCUT2D eigenvalue weighted by molar-refractivity contribution is 6.19. The van der Waals surface area contributed by atoms with Gasteiger partial charge in [0.2, 0.25) is 17.7 Å². The van der Waals surface area contributed by atoms with Crippen molar-refractivity contribution >= 4 is 86.8 Å². The van der Waals surface area contributed by atoms with Crippen molar-refractivity contribution < 1.29 is 57.6 Å². The zero-order valence-electron chi connectivity index (χ0n) is 48.3. The molecule has 83 heavy (non-hydrogen) atoms. The minimum absolute atomic E-state index is 0.000852. The number of halogens is 1. The van der Waals surface area contributed by atoms with Crippen LogP contribution in [0, 0.1) is 12.8 Å². The Bertz CT molecular complexity index is 3290. The zero-order chi connectivity index (χ0) is 60.1. The molecule has 0 spiro atoms. The normalized spacial score (nSPS) is 13.6. The molecule has 7 amide bonds. The highest BCUT2D eigenvalue weighted by atomic mass is 35.5. The number of hydrogen-bond donors (Lipinski definition) is 4. The third-order valence-corrected chi connectivity index (χ3v) is 14.6. The molecule has 4 N–H and O–H groups in total. The maximum atomic E-state index is 14.6. The summed E-state index contributed by atoms with van der Waals surface area (Å²) >= 11 is 6.67. The summed E-state index contributed by atoms with van der Waals surface area (Å²) in [5.41, 5.74) is 4.67. The monoisotopic (exact) mass is 1160 g/mol. The van der Waals surface area contributed by atoms with Gasteiger partial charge in [-0.3, -0.25) is 28.9 Å². The van der Waals surface area contributed by atoms with Gasteiger partial charge >= 0.3 is 12.2 Å². The van der Waals surface area contributed by atoms with Crippen LogP contribution in [0.1, 0.15) is 71.1 Å². The van der Waals surface area contributed by atoms with Gasteiger partial charge < -0.3 is 64.0 Å². The fraction of sp³-hybridized carbons (Fsp3) is 0.400. The van der Waals surface area contributed by atoms with E-state index in [0.29, 0.717) is 52.4 Å². The van der Waals surface area contributed by atoms with Crippen molar-refractivity contribution in [2.75, 3.05) is 109 Å². The molecule has 0 saturated heterocycles. The standard InChI is InChI=1S/C60H73ClN10O12/c1-37(2)54(66(6)7)57(76)62-39(4)55(74)63-44-17-13-41(14-18-44)36-82-59(78)68(9)23-24-69(26-28-81-30-29-80-27-25-67(8)40(5)72)60(79)83-50-31-49-53(52-38(3)11-10-12-47(50)52)43(32-61)33-71(49)58(77)48-35-70-34-45(19-22-51(70)65-48)64-56(75)42-15-20-46(73)21-16-42/h10-22,31,34-35,37,39,43,54,73H,23-30,32-33,36H2,1-9H3,(H,62,76)(H,63,74)(H,64,75)/t39-,43+,54-/m0/s1. The molecule has 442 valence electrons. The summed E-state index contributed by atoms with van der Waals surface area (Å²) in [5.74, 6) is -1.40. The SMILES string of the molecule is CC(=O)N(C)CCOCCOCCN(CCN(C)C(=O)OCc1ccc(NC(=O)[C@H](C)NC(=O)[C@H](C(C)C)N(C)C)cc1)C(=O)Oc1cc2c(c3c(C)cccc13)[C@H](CCl)CN2C(=O)c1cn2cc(NC(=O)c3ccc(O)cc3)ccc2n1. The molecule has 0 fully saturated rings. The van der Waals surface area contributed by atoms with Crippen molar-refractivity contribution in [3.8, 4) is 11.5 Å². The van der Waals surface area contributed by atoms with Gasteiger partial charge in [0.15, 0.2) is 0 Å². The van der Waals surface area contributed by atoms with E-state index < -0.39 is 42.0 Å². The predicted molar refractivity (Wildman–Crippen MR) is 315 cm³/mol. The lowest BCUT2D eigenvalue weighted by Crippen LogP contribution is -2.51. The van der Waals surface area contributed by atoms with E-state index in [1.54, 1.807) is 90.1 Å². The summed E-state index contributed by atoms with van der Waals surface area (Å²) in [6.07, 6.45) is 1.80. The number of alkyl halides is 1. The quantitative estimate of drug-likeness (QED) is 0.0324. The third-order valence-electron chi connectivity index (χ3n) is 14.2. The van der Waals surface area contributed by atoms with Gasteiger partial charge in [0.1, 0.15) is 35.5 Å². The molecule has 3 heterocycles. The van der Waals surface area contributed by atoms with Gasteiger partial charge in [-0.2, -0.15) is 0 Å². The summed E-state index contributed by atoms with van der Waals surface area (Å²) in [6.45, 7) is 10.4. The first-order valence-corrected chi connectivity index (χ1v) is 27.8. The Labute approximate surface area is 487 Å². The molecule has 23 heteroatoms. The molecular weight excluding hydrogens is 1090 g/mol. The lowest BCUT2D eigenvalue weighted by molar-refractivity contribution is -0.130. The second kappa shape index (κ2) is 28.6. The van der Waals surface area contributed by atoms with E-state index in [9.17, 15) is 38.7 Å². The molecule has 0 unspecified atom stereocenters. The molecule has 1 aliphatic rings. The third kappa shape index (κ3) is 16.0. The van der Waals surface area contributed by atoms with Gasteiger partial charge in [0, 0.05) is 101 Å². The lowest BCUT2D eigenvalue weighted by Gasteiger charge is -2.28. The summed E-state index contributed by atoms with van der Waals surface area (Å²) in [7, 11) is 6.85. The second-order valence-corrected chi connectivity index (χ2v) is 21.3. The van der Waals surface area contributed by atoms with Gasteiger partial charge in [0.25, 0.3) is 11.8 Å². The number of carbonyl (C=O) groups is 7. The Morgan fingerprint density at radius 2 is 1.46 bits per heavy atom. The molecule has 3 atom stereocenters. The van der Waals surface area contributed by atoms with Crippen LogP contribution in [0.4, 0.5) is 26.7 Å². The zero-order valence-corrected chi connectivity index (χ0v) is 49.0. The number of aromatic hydroxyl groups is 1. The molecule has 0 bridgehead atoms. The number of imidazole rings is 1. The van der Waals surface area contributed by atoms with Gasteiger partial charge in [-0.25, -0.2) is 14.6 Å². The number of rotatable bonds is 25. The van der Waals surface area contributed by atoms with E-state index in [1.165, 1.54) is 41.0 Å². The first kappa shape index (κ1) is 62.3. The summed E-state index contributed by atoms with van der Waals surface area (Å²) < 4.78 is 25.1. The van der Waals surface area contributed by atoms with Crippen molar-refractivity contribution in [3.63, 3.8) is 0 Å². The second-order valence-electron chi connectivity index (χ2n) is 20.9. The van der Waals surface area contributed by atoms with Crippen LogP contribution in [-0.2, 0) is 35.2 Å². The van der Waals surface area contributed by atoms with Gasteiger partial charge in [-0.1, -0.05) is 44.2 Å². The summed E-state index contributed by atoms with van der Waals surface area (Å²) in [6, 6.07) is 22.0. The first-order chi connectivity index (χ1) is 39.6. The number of benzene rings is 4. The number of pyridine rings is 1. The predicted octanol–water partition coefficient (Wildman–Crippen LogP) is 7.35. The number of anilines is 3. The topological polar surface area (TPSA) is 246 Å². The van der Waals surface area contributed by atoms with E-state index in [4.69, 9.17) is 30.5 Å². The Morgan fingerprint density at radius 3 is 2.12 bits per heavy atom. The van der Waals surface area contributed by atoms with E-state index in [-0.39, 0.29) is 99.3 Å². The average Bonchev–Trinajstić information content (AvgIpc) is 4.29. The largest absolute Gasteiger partial charge is 0.508 e. The van der Waals surface area contributed by atoms with Crippen molar-refractivity contribution in [2.45, 2.75) is 59.2 Å². The fourth-order valence-corrected chi connectivity index (χ4v) is 9.82. The number of nitrogens with zero attached hydrogens (tertiary/aromatic N) is 7. The minimum atomic E-state index is -0.795. The van der Waals surface area contributed by atoms with Crippen molar-refractivity contribution in [2.24, 2.45) is 5.92 Å². The van der Waals surface area contributed by atoms with Crippen LogP contribution in [0.5, 0.6) is 11.5 Å². The van der Waals surface area contributed by atoms with Crippen LogP contribution in [0.3, 0.4) is 0 Å². The molecular formula is C60H73ClN10O12. The summed E-state index contributed by atoms with van der Waals surface area (Å²) in [5, 5.41) is 19.5. The molecule has 0 aliphatic carbocycles. The van der Waals surface area contributed by atoms with E-state index in [1.807, 2.05) is 58.0 Å². The van der Waals surface area contributed by atoms with Crippen LogP contribution in [0.15, 0.2) is 97.3 Å². The number of ether oxygens (including phenoxy) is 4. The number of aryl methyl sites for hydroxylation is 1. The number of phenols is 1. The molecule has 1 aliphatic heterocycles. The minimum Gasteiger partial charge on any atom is -0.508 e. The maximum absolute atomic E-state index is 14.6. The average molecular weight is 1160 g/mol. The lowest BCUT2D eigenvalue weighted by atomic mass is 9.92. The van der Waals surface area contributed by atoms with Crippen LogP contribution < -0.4 is 25.6 Å². The summed E-state index contributed by atoms with van der Waals surface area (Å²) in [4.78, 5) is 105. The van der Waals surface area contributed by atoms with Crippen LogP contribution in [0.25, 0.3) is 16.4 Å². The van der Waals surface area contributed by atoms with Gasteiger partial charge in [-0.15, -0.1) is 11.6 Å². The van der Waals surface area contributed by atoms with E-state index >= 15 is 0 Å². The smallest absolute Gasteiger partial charge is 0.415 e. The fourth-order valence-electron chi connectivity index (χ4n) is 9.57. The Morgan fingerprint density at radius 1 is 0.771 bits per heavy atom. The molecule has 0 saturated carbocycles. The number of fused-ring (bicyclic) bond motifs is 4. The molecule has 6 aromatic rings. The van der Waals surface area contributed by atoms with Crippen LogP contribution in [-0.4, -0.2) is 181 Å². The highest BCUT2D eigenvalue weighted by Crippen LogP contribution is 2.47. The Balaban J connectivity index is 1.03. The van der Waals surface area contributed by atoms with E-state index in [0.717, 1.165) is 16.5 Å². The van der Waals surface area contributed by atoms with Crippen LogP contribution in [0.2, 0.25) is 0 Å². The van der Waals surface area contributed by atoms with Gasteiger partial charge in [0.05, 0.1) is 43.8 Å². The number of carbonyl (C=O) groups excluding carboxylic acids is 7. The number of aromatic nitrogens is 2. The Hall–Kier alpha value is -8.31. The molecule has 2 aromatic heterocycles. The maximum Gasteiger partial charge on any atom is 0.415 e. The van der Waals surface area contributed by atoms with Crippen molar-refractivity contribution in [1.82, 2.24) is 34.3 Å². The van der Waals surface area contributed by atoms with E-state index in [2.05, 4.69) is 20.9 Å². The van der Waals surface area contributed by atoms with Crippen molar-refractivity contribution in [1.29, 1.82) is 0 Å². The van der Waals surface area contributed by atoms with Gasteiger partial charge in [-0.05, 0) is 104 Å². The molecule has 0 radical (unpaired) electrons. The molecule has 7 rings (SSSR count). The molecule has 4 aromatic carbocycles. The number of likely N-dealkylation sites (N-methyl/N-ethyl adjacent to an activating group) is 3. The highest BCUT2D eigenvalue weighted by Gasteiger charge is 2.37.